The molecule has 3 heteroatoms. The van der Waals surface area contributed by atoms with Crippen molar-refractivity contribution in [2.45, 2.75) is 19.4 Å². The van der Waals surface area contributed by atoms with Crippen molar-refractivity contribution in [1.29, 1.82) is 10.5 Å². The zero-order valence-corrected chi connectivity index (χ0v) is 13.4. The number of nitriles is 2. The third kappa shape index (κ3) is 1.54. The summed E-state index contributed by atoms with van der Waals surface area (Å²) in [6.45, 7) is 3.61. The molecule has 1 aliphatic carbocycles. The van der Waals surface area contributed by atoms with Crippen LogP contribution in [0.5, 0.6) is 0 Å². The lowest BCUT2D eigenvalue weighted by atomic mass is 9.84. The molecule has 0 bridgehead atoms. The largest absolute Gasteiger partial charge is 0.471 e. The van der Waals surface area contributed by atoms with Crippen LogP contribution in [0.15, 0.2) is 71.0 Å². The van der Waals surface area contributed by atoms with Gasteiger partial charge in [-0.3, -0.25) is 0 Å². The summed E-state index contributed by atoms with van der Waals surface area (Å²) < 4.78 is 6.39. The fraction of sp³-hybridized carbons (Fsp3) is 0.143. The molecule has 2 aromatic carbocycles. The van der Waals surface area contributed by atoms with Gasteiger partial charge in [-0.2, -0.15) is 10.5 Å². The minimum atomic E-state index is -0.814. The first kappa shape index (κ1) is 14.3. The average molecular weight is 310 g/mol. The molecule has 1 spiro atoms. The van der Waals surface area contributed by atoms with E-state index in [0.29, 0.717) is 16.9 Å². The maximum absolute atomic E-state index is 9.66. The van der Waals surface area contributed by atoms with Crippen LogP contribution < -0.4 is 0 Å². The Kier molecular flexibility index (Phi) is 2.89. The van der Waals surface area contributed by atoms with Crippen molar-refractivity contribution in [1.82, 2.24) is 0 Å². The highest BCUT2D eigenvalue weighted by Crippen LogP contribution is 2.58. The Morgan fingerprint density at radius 3 is 2.00 bits per heavy atom. The van der Waals surface area contributed by atoms with Crippen LogP contribution in [0.25, 0.3) is 11.1 Å². The Balaban J connectivity index is 2.13. The lowest BCUT2D eigenvalue weighted by Gasteiger charge is -2.28. The number of rotatable bonds is 0. The Bertz CT molecular complexity index is 983. The summed E-state index contributed by atoms with van der Waals surface area (Å²) in [7, 11) is 0. The number of ether oxygens (including phenoxy) is 1. The van der Waals surface area contributed by atoms with E-state index in [1.165, 1.54) is 0 Å². The molecule has 2 aliphatic rings. The Hall–Kier alpha value is -3.30. The van der Waals surface area contributed by atoms with Crippen LogP contribution in [0.1, 0.15) is 25.0 Å². The van der Waals surface area contributed by atoms with Crippen LogP contribution in [-0.4, -0.2) is 0 Å². The smallest absolute Gasteiger partial charge is 0.183 e. The quantitative estimate of drug-likeness (QED) is 0.669. The van der Waals surface area contributed by atoms with Crippen molar-refractivity contribution in [3.05, 3.63) is 82.1 Å². The normalized spacial score (nSPS) is 18.5. The molecule has 3 nitrogen and oxygen atoms in total. The fourth-order valence-electron chi connectivity index (χ4n) is 3.79. The highest BCUT2D eigenvalue weighted by atomic mass is 16.5. The maximum atomic E-state index is 9.66. The van der Waals surface area contributed by atoms with E-state index in [4.69, 9.17) is 4.74 Å². The van der Waals surface area contributed by atoms with E-state index in [-0.39, 0.29) is 0 Å². The van der Waals surface area contributed by atoms with Gasteiger partial charge in [0, 0.05) is 16.7 Å². The van der Waals surface area contributed by atoms with E-state index >= 15 is 0 Å². The fourth-order valence-corrected chi connectivity index (χ4v) is 3.79. The highest BCUT2D eigenvalue weighted by Gasteiger charge is 2.52. The van der Waals surface area contributed by atoms with Crippen molar-refractivity contribution in [3.63, 3.8) is 0 Å². The zero-order chi connectivity index (χ0) is 16.9. The summed E-state index contributed by atoms with van der Waals surface area (Å²) in [5.74, 6) is 0.393. The van der Waals surface area contributed by atoms with Gasteiger partial charge < -0.3 is 4.74 Å². The molecule has 0 radical (unpaired) electrons. The molecule has 0 N–H and O–H groups in total. The van der Waals surface area contributed by atoms with E-state index in [9.17, 15) is 10.5 Å². The highest BCUT2D eigenvalue weighted by molar-refractivity contribution is 5.83. The summed E-state index contributed by atoms with van der Waals surface area (Å²) in [6.07, 6.45) is 0. The van der Waals surface area contributed by atoms with E-state index in [0.717, 1.165) is 27.8 Å². The number of fused-ring (bicyclic) bond motifs is 5. The number of hydrogen-bond acceptors (Lipinski definition) is 3. The van der Waals surface area contributed by atoms with Crippen molar-refractivity contribution < 1.29 is 4.74 Å². The van der Waals surface area contributed by atoms with Gasteiger partial charge in [0.1, 0.15) is 6.07 Å². The molecule has 0 saturated carbocycles. The molecule has 0 amide bonds. The van der Waals surface area contributed by atoms with Gasteiger partial charge in [-0.1, -0.05) is 48.5 Å². The molecule has 0 aromatic heterocycles. The lowest BCUT2D eigenvalue weighted by Crippen LogP contribution is -2.26. The van der Waals surface area contributed by atoms with Gasteiger partial charge in [0.25, 0.3) is 0 Å². The van der Waals surface area contributed by atoms with E-state index in [1.807, 2.05) is 43.3 Å². The first-order valence-corrected chi connectivity index (χ1v) is 7.76. The molecule has 1 heterocycles. The van der Waals surface area contributed by atoms with Crippen molar-refractivity contribution >= 4 is 0 Å². The van der Waals surface area contributed by atoms with Crippen molar-refractivity contribution in [3.8, 4) is 23.3 Å². The molecular weight excluding hydrogens is 296 g/mol. The summed E-state index contributed by atoms with van der Waals surface area (Å²) in [6, 6.07) is 20.6. The predicted octanol–water partition coefficient (Wildman–Crippen LogP) is 4.58. The van der Waals surface area contributed by atoms with Crippen molar-refractivity contribution in [2.75, 3.05) is 0 Å². The minimum absolute atomic E-state index is 0.393. The number of benzene rings is 2. The van der Waals surface area contributed by atoms with Crippen LogP contribution in [0.2, 0.25) is 0 Å². The van der Waals surface area contributed by atoms with E-state index in [1.54, 1.807) is 6.92 Å². The lowest BCUT2D eigenvalue weighted by molar-refractivity contribution is 0.0969. The molecule has 4 rings (SSSR count). The molecule has 0 fully saturated rings. The van der Waals surface area contributed by atoms with Gasteiger partial charge in [-0.25, -0.2) is 0 Å². The topological polar surface area (TPSA) is 56.8 Å². The zero-order valence-electron chi connectivity index (χ0n) is 13.4. The molecule has 0 saturated heterocycles. The maximum Gasteiger partial charge on any atom is 0.183 e. The third-order valence-electron chi connectivity index (χ3n) is 4.91. The molecule has 0 atom stereocenters. The number of nitrogens with zero attached hydrogens (tertiary/aromatic N) is 2. The molecule has 114 valence electrons. The van der Waals surface area contributed by atoms with Gasteiger partial charge in [-0.05, 0) is 25.0 Å². The number of allylic oxidation sites excluding steroid dienone is 2. The van der Waals surface area contributed by atoms with Gasteiger partial charge in [-0.15, -0.1) is 0 Å². The monoisotopic (exact) mass is 310 g/mol. The van der Waals surface area contributed by atoms with Crippen LogP contribution in [0, 0.1) is 22.7 Å². The summed E-state index contributed by atoms with van der Waals surface area (Å²) in [5, 5.41) is 19.0. The summed E-state index contributed by atoms with van der Waals surface area (Å²) in [5.41, 5.74) is 5.18. The number of hydrogen-bond donors (Lipinski definition) is 0. The molecule has 1 aliphatic heterocycles. The van der Waals surface area contributed by atoms with E-state index < -0.39 is 5.60 Å². The second-order valence-electron chi connectivity index (χ2n) is 6.05. The molecule has 2 aromatic rings. The molecule has 24 heavy (non-hydrogen) atoms. The average Bonchev–Trinajstić information content (AvgIpc) is 3.09. The van der Waals surface area contributed by atoms with E-state index in [2.05, 4.69) is 24.3 Å². The van der Waals surface area contributed by atoms with Crippen LogP contribution in [-0.2, 0) is 10.3 Å². The van der Waals surface area contributed by atoms with Crippen LogP contribution in [0.3, 0.4) is 0 Å². The summed E-state index contributed by atoms with van der Waals surface area (Å²) >= 11 is 0. The standard InChI is InChI=1S/C21H14N2O/c1-13(11-22)20-17(12-23)14(2)21(24-20)18-9-5-3-7-15(18)16-8-4-6-10-19(16)21/h3-10H,1-2H3/b20-13-. The predicted molar refractivity (Wildman–Crippen MR) is 90.4 cm³/mol. The SMILES string of the molecule is CC1=C(C#N)/C(=C(\C)C#N)OC12c1ccccc1-c1ccccc12. The second-order valence-corrected chi connectivity index (χ2v) is 6.05. The van der Waals surface area contributed by atoms with Gasteiger partial charge >= 0.3 is 0 Å². The van der Waals surface area contributed by atoms with Gasteiger partial charge in [0.05, 0.1) is 17.2 Å². The minimum Gasteiger partial charge on any atom is -0.471 e. The van der Waals surface area contributed by atoms with Crippen molar-refractivity contribution in [2.24, 2.45) is 0 Å². The molecular formula is C21H14N2O. The third-order valence-corrected chi connectivity index (χ3v) is 4.91. The Morgan fingerprint density at radius 2 is 1.50 bits per heavy atom. The van der Waals surface area contributed by atoms with Crippen LogP contribution in [0.4, 0.5) is 0 Å². The summed E-state index contributed by atoms with van der Waals surface area (Å²) in [4.78, 5) is 0. The molecule has 0 unspecified atom stereocenters. The van der Waals surface area contributed by atoms with Gasteiger partial charge in [0.15, 0.2) is 11.4 Å². The second kappa shape index (κ2) is 4.85. The first-order valence-electron chi connectivity index (χ1n) is 7.76. The first-order chi connectivity index (χ1) is 11.6. The Labute approximate surface area is 140 Å². The van der Waals surface area contributed by atoms with Crippen LogP contribution >= 0.6 is 0 Å². The Morgan fingerprint density at radius 1 is 0.958 bits per heavy atom. The van der Waals surface area contributed by atoms with Gasteiger partial charge in [0.2, 0.25) is 0 Å².